The van der Waals surface area contributed by atoms with E-state index in [4.69, 9.17) is 4.74 Å². The molecule has 0 unspecified atom stereocenters. The minimum atomic E-state index is -0.587. The number of aromatic amines is 2. The highest BCUT2D eigenvalue weighted by Gasteiger charge is 2.21. The highest BCUT2D eigenvalue weighted by molar-refractivity contribution is 5.85. The SMILES string of the molecule is CC(C)(Cc1c[nH]c2ccccc12)NC[C@H](O)COc1cccc2[nH]ccc12. The van der Waals surface area contributed by atoms with Gasteiger partial charge in [0.2, 0.25) is 0 Å². The van der Waals surface area contributed by atoms with Gasteiger partial charge < -0.3 is 25.1 Å². The van der Waals surface area contributed by atoms with Crippen molar-refractivity contribution in [2.75, 3.05) is 13.2 Å². The van der Waals surface area contributed by atoms with E-state index in [9.17, 15) is 5.11 Å². The van der Waals surface area contributed by atoms with Gasteiger partial charge in [-0.1, -0.05) is 24.3 Å². The molecular formula is C23H27N3O2. The van der Waals surface area contributed by atoms with Gasteiger partial charge in [-0.3, -0.25) is 0 Å². The maximum Gasteiger partial charge on any atom is 0.128 e. The topological polar surface area (TPSA) is 73.1 Å². The first-order valence-electron chi connectivity index (χ1n) is 9.69. The Morgan fingerprint density at radius 1 is 1.00 bits per heavy atom. The lowest BCUT2D eigenvalue weighted by atomic mass is 9.94. The van der Waals surface area contributed by atoms with Crippen LogP contribution in [0.5, 0.6) is 5.75 Å². The van der Waals surface area contributed by atoms with E-state index in [1.54, 1.807) is 0 Å². The molecule has 0 bridgehead atoms. The molecule has 0 saturated carbocycles. The predicted octanol–water partition coefficient (Wildman–Crippen LogP) is 4.00. The molecule has 4 aromatic rings. The highest BCUT2D eigenvalue weighted by atomic mass is 16.5. The van der Waals surface area contributed by atoms with E-state index in [1.807, 2.05) is 36.5 Å². The molecule has 0 spiro atoms. The molecule has 146 valence electrons. The number of H-pyrrole nitrogens is 2. The van der Waals surface area contributed by atoms with Gasteiger partial charge in [0.25, 0.3) is 0 Å². The summed E-state index contributed by atoms with van der Waals surface area (Å²) in [5, 5.41) is 16.2. The third kappa shape index (κ3) is 4.06. The molecule has 0 amide bonds. The molecular weight excluding hydrogens is 350 g/mol. The average Bonchev–Trinajstić information content (AvgIpc) is 3.32. The number of β-amino-alcohol motifs (C(OH)–C–C–N with tert-alkyl or cyclic N) is 1. The molecule has 0 saturated heterocycles. The number of rotatable bonds is 8. The first-order valence-corrected chi connectivity index (χ1v) is 9.69. The zero-order valence-electron chi connectivity index (χ0n) is 16.3. The smallest absolute Gasteiger partial charge is 0.128 e. The van der Waals surface area contributed by atoms with Gasteiger partial charge in [-0.15, -0.1) is 0 Å². The number of hydrogen-bond acceptors (Lipinski definition) is 3. The van der Waals surface area contributed by atoms with Gasteiger partial charge in [-0.2, -0.15) is 0 Å². The molecule has 2 aromatic carbocycles. The number of nitrogens with one attached hydrogen (secondary N) is 3. The molecule has 5 heteroatoms. The average molecular weight is 377 g/mol. The zero-order valence-corrected chi connectivity index (χ0v) is 16.3. The van der Waals surface area contributed by atoms with E-state index in [0.29, 0.717) is 6.54 Å². The third-order valence-corrected chi connectivity index (χ3v) is 5.11. The van der Waals surface area contributed by atoms with Crippen LogP contribution in [0.15, 0.2) is 60.9 Å². The minimum absolute atomic E-state index is 0.146. The zero-order chi connectivity index (χ0) is 19.6. The molecule has 4 N–H and O–H groups in total. The maximum absolute atomic E-state index is 10.4. The number of hydrogen-bond donors (Lipinski definition) is 4. The number of ether oxygens (including phenoxy) is 1. The third-order valence-electron chi connectivity index (χ3n) is 5.11. The van der Waals surface area contributed by atoms with Crippen molar-refractivity contribution in [1.82, 2.24) is 15.3 Å². The number of para-hydroxylation sites is 1. The summed E-state index contributed by atoms with van der Waals surface area (Å²) in [6.45, 7) is 5.03. The maximum atomic E-state index is 10.4. The second-order valence-corrected chi connectivity index (χ2v) is 7.96. The summed E-state index contributed by atoms with van der Waals surface area (Å²) in [6, 6.07) is 16.2. The Balaban J connectivity index is 1.32. The van der Waals surface area contributed by atoms with E-state index in [0.717, 1.165) is 28.6 Å². The molecule has 2 heterocycles. The van der Waals surface area contributed by atoms with Crippen molar-refractivity contribution in [3.8, 4) is 5.75 Å². The van der Waals surface area contributed by atoms with E-state index >= 15 is 0 Å². The fourth-order valence-corrected chi connectivity index (χ4v) is 3.64. The lowest BCUT2D eigenvalue weighted by Gasteiger charge is -2.28. The predicted molar refractivity (Wildman–Crippen MR) is 114 cm³/mol. The number of benzene rings is 2. The summed E-state index contributed by atoms with van der Waals surface area (Å²) in [5.41, 5.74) is 3.32. The van der Waals surface area contributed by atoms with Crippen LogP contribution in [0.4, 0.5) is 0 Å². The van der Waals surface area contributed by atoms with Crippen molar-refractivity contribution >= 4 is 21.8 Å². The van der Waals surface area contributed by atoms with Crippen LogP contribution in [-0.4, -0.2) is 39.9 Å². The van der Waals surface area contributed by atoms with Gasteiger partial charge >= 0.3 is 0 Å². The van der Waals surface area contributed by atoms with Crippen LogP contribution in [0.2, 0.25) is 0 Å². The van der Waals surface area contributed by atoms with Crippen LogP contribution in [0.3, 0.4) is 0 Å². The molecule has 28 heavy (non-hydrogen) atoms. The van der Waals surface area contributed by atoms with E-state index < -0.39 is 6.10 Å². The van der Waals surface area contributed by atoms with E-state index in [1.165, 1.54) is 10.9 Å². The second kappa shape index (κ2) is 7.70. The van der Waals surface area contributed by atoms with Crippen LogP contribution in [0, 0.1) is 0 Å². The molecule has 2 aromatic heterocycles. The minimum Gasteiger partial charge on any atom is -0.490 e. The van der Waals surface area contributed by atoms with Gasteiger partial charge in [0.1, 0.15) is 18.5 Å². The lowest BCUT2D eigenvalue weighted by molar-refractivity contribution is 0.0996. The lowest BCUT2D eigenvalue weighted by Crippen LogP contribution is -2.46. The monoisotopic (exact) mass is 377 g/mol. The van der Waals surface area contributed by atoms with E-state index in [-0.39, 0.29) is 12.1 Å². The van der Waals surface area contributed by atoms with Crippen LogP contribution in [0.1, 0.15) is 19.4 Å². The summed E-state index contributed by atoms with van der Waals surface area (Å²) in [4.78, 5) is 6.50. The van der Waals surface area contributed by atoms with Crippen LogP contribution in [-0.2, 0) is 6.42 Å². The summed E-state index contributed by atoms with van der Waals surface area (Å²) in [6.07, 6.45) is 4.25. The molecule has 5 nitrogen and oxygen atoms in total. The first-order chi connectivity index (χ1) is 13.5. The standard InChI is InChI=1S/C23H27N3O2/c1-23(2,12-16-13-25-20-7-4-3-6-18(16)20)26-14-17(27)15-28-22-9-5-8-21-19(22)10-11-24-21/h3-11,13,17,24-27H,12,14-15H2,1-2H3/t17-/m0/s1. The van der Waals surface area contributed by atoms with Crippen molar-refractivity contribution in [2.45, 2.75) is 31.9 Å². The summed E-state index contributed by atoms with van der Waals surface area (Å²) < 4.78 is 5.85. The quantitative estimate of drug-likeness (QED) is 0.375. The van der Waals surface area contributed by atoms with Crippen LogP contribution < -0.4 is 10.1 Å². The van der Waals surface area contributed by atoms with Crippen molar-refractivity contribution in [2.24, 2.45) is 0 Å². The van der Waals surface area contributed by atoms with Gasteiger partial charge in [0.15, 0.2) is 0 Å². The van der Waals surface area contributed by atoms with Gasteiger partial charge in [-0.25, -0.2) is 0 Å². The number of fused-ring (bicyclic) bond motifs is 2. The van der Waals surface area contributed by atoms with Crippen LogP contribution in [0.25, 0.3) is 21.8 Å². The van der Waals surface area contributed by atoms with Crippen molar-refractivity contribution < 1.29 is 9.84 Å². The van der Waals surface area contributed by atoms with E-state index in [2.05, 4.69) is 53.5 Å². The molecule has 4 rings (SSSR count). The van der Waals surface area contributed by atoms with Gasteiger partial charge in [-0.05, 0) is 50.1 Å². The molecule has 0 fully saturated rings. The summed E-state index contributed by atoms with van der Waals surface area (Å²) in [5.74, 6) is 0.788. The summed E-state index contributed by atoms with van der Waals surface area (Å²) in [7, 11) is 0. The largest absolute Gasteiger partial charge is 0.490 e. The Morgan fingerprint density at radius 2 is 1.79 bits per heavy atom. The Morgan fingerprint density at radius 3 is 2.68 bits per heavy atom. The van der Waals surface area contributed by atoms with Crippen molar-refractivity contribution in [1.29, 1.82) is 0 Å². The fourth-order valence-electron chi connectivity index (χ4n) is 3.64. The highest BCUT2D eigenvalue weighted by Crippen LogP contribution is 2.25. The Labute approximate surface area is 164 Å². The Bertz CT molecular complexity index is 1060. The molecule has 0 radical (unpaired) electrons. The van der Waals surface area contributed by atoms with Crippen LogP contribution >= 0.6 is 0 Å². The molecule has 0 aliphatic carbocycles. The van der Waals surface area contributed by atoms with Crippen molar-refractivity contribution in [3.05, 3.63) is 66.5 Å². The molecule has 0 aliphatic rings. The summed E-state index contributed by atoms with van der Waals surface area (Å²) >= 11 is 0. The Hall–Kier alpha value is -2.76. The molecule has 0 aliphatic heterocycles. The molecule has 1 atom stereocenters. The van der Waals surface area contributed by atoms with Crippen molar-refractivity contribution in [3.63, 3.8) is 0 Å². The van der Waals surface area contributed by atoms with Gasteiger partial charge in [0, 0.05) is 46.3 Å². The second-order valence-electron chi connectivity index (χ2n) is 7.96. The number of aliphatic hydroxyl groups is 1. The first kappa shape index (κ1) is 18.6. The number of aromatic nitrogens is 2. The Kier molecular flexibility index (Phi) is 5.11. The fraction of sp³-hybridized carbons (Fsp3) is 0.304. The number of aliphatic hydroxyl groups excluding tert-OH is 1. The normalized spacial score (nSPS) is 13.2. The van der Waals surface area contributed by atoms with Gasteiger partial charge in [0.05, 0.1) is 0 Å².